The summed E-state index contributed by atoms with van der Waals surface area (Å²) in [6, 6.07) is 9.35. The van der Waals surface area contributed by atoms with Crippen molar-refractivity contribution in [1.82, 2.24) is 10.3 Å². The number of hydrogen-bond donors (Lipinski definition) is 3. The average Bonchev–Trinajstić information content (AvgIpc) is 2.84. The third-order valence-corrected chi connectivity index (χ3v) is 6.82. The Bertz CT molecular complexity index is 1070. The van der Waals surface area contributed by atoms with Crippen LogP contribution in [0.1, 0.15) is 49.0 Å². The molecule has 0 aromatic heterocycles. The fourth-order valence-electron chi connectivity index (χ4n) is 5.06. The lowest BCUT2D eigenvalue weighted by atomic mass is 10.0. The number of halogens is 2. The lowest BCUT2D eigenvalue weighted by molar-refractivity contribution is 0.0569. The second kappa shape index (κ2) is 12.3. The largest absolute Gasteiger partial charge is 0.375 e. The maximum absolute atomic E-state index is 15.0. The minimum absolute atomic E-state index is 0.0866. The van der Waals surface area contributed by atoms with Crippen LogP contribution in [0, 0.1) is 18.6 Å². The SMILES string of the molecule is Cc1cc(F)c(N2CC(C)N(C(=O)c3ccccc3F)[C@H](C)C2)cc1N1CCCCC1.NNC(N)=S. The molecule has 0 bridgehead atoms. The highest BCUT2D eigenvalue weighted by molar-refractivity contribution is 7.80. The molecular weight excluding hydrogens is 482 g/mol. The molecule has 7 nitrogen and oxygen atoms in total. The molecule has 2 aromatic rings. The first-order chi connectivity index (χ1) is 17.1. The van der Waals surface area contributed by atoms with Crippen LogP contribution < -0.4 is 26.8 Å². The molecule has 5 N–H and O–H groups in total. The minimum Gasteiger partial charge on any atom is -0.375 e. The van der Waals surface area contributed by atoms with Gasteiger partial charge in [0.1, 0.15) is 11.6 Å². The van der Waals surface area contributed by atoms with Crippen molar-refractivity contribution in [2.24, 2.45) is 11.6 Å². The van der Waals surface area contributed by atoms with Crippen molar-refractivity contribution in [2.75, 3.05) is 36.0 Å². The predicted octanol–water partition coefficient (Wildman–Crippen LogP) is 3.70. The number of hydrogen-bond acceptors (Lipinski definition) is 5. The van der Waals surface area contributed by atoms with Crippen LogP contribution in [0.25, 0.3) is 0 Å². The molecule has 2 fully saturated rings. The number of anilines is 2. The number of carbonyl (C=O) groups is 1. The van der Waals surface area contributed by atoms with Crippen molar-refractivity contribution in [2.45, 2.75) is 52.1 Å². The van der Waals surface area contributed by atoms with E-state index in [1.54, 1.807) is 23.1 Å². The zero-order chi connectivity index (χ0) is 26.4. The molecule has 0 aliphatic carbocycles. The van der Waals surface area contributed by atoms with E-state index < -0.39 is 5.82 Å². The van der Waals surface area contributed by atoms with Crippen molar-refractivity contribution in [3.05, 3.63) is 59.2 Å². The Kier molecular flexibility index (Phi) is 9.44. The van der Waals surface area contributed by atoms with Crippen LogP contribution in [0.4, 0.5) is 20.2 Å². The van der Waals surface area contributed by atoms with Gasteiger partial charge in [0.15, 0.2) is 5.11 Å². The van der Waals surface area contributed by atoms with Crippen molar-refractivity contribution in [1.29, 1.82) is 0 Å². The van der Waals surface area contributed by atoms with Crippen molar-refractivity contribution < 1.29 is 13.6 Å². The van der Waals surface area contributed by atoms with Gasteiger partial charge < -0.3 is 25.9 Å². The Morgan fingerprint density at radius 1 is 0.972 bits per heavy atom. The van der Waals surface area contributed by atoms with E-state index in [1.807, 2.05) is 37.2 Å². The normalized spacial score (nSPS) is 19.9. The predicted molar refractivity (Wildman–Crippen MR) is 145 cm³/mol. The zero-order valence-electron chi connectivity index (χ0n) is 21.1. The van der Waals surface area contributed by atoms with E-state index in [-0.39, 0.29) is 34.5 Å². The first-order valence-electron chi connectivity index (χ1n) is 12.3. The number of piperazine rings is 1. The highest BCUT2D eigenvalue weighted by atomic mass is 32.1. The van der Waals surface area contributed by atoms with Crippen LogP contribution in [-0.2, 0) is 0 Å². The Morgan fingerprint density at radius 3 is 2.11 bits per heavy atom. The molecule has 2 atom stereocenters. The monoisotopic (exact) mass is 518 g/mol. The Balaban J connectivity index is 0.000000658. The zero-order valence-corrected chi connectivity index (χ0v) is 22.0. The summed E-state index contributed by atoms with van der Waals surface area (Å²) in [7, 11) is 0. The summed E-state index contributed by atoms with van der Waals surface area (Å²) in [5.41, 5.74) is 9.55. The smallest absolute Gasteiger partial charge is 0.257 e. The van der Waals surface area contributed by atoms with Gasteiger partial charge in [-0.1, -0.05) is 12.1 Å². The molecule has 10 heteroatoms. The van der Waals surface area contributed by atoms with E-state index in [0.717, 1.165) is 37.2 Å². The molecule has 2 aliphatic rings. The Morgan fingerprint density at radius 2 is 1.56 bits per heavy atom. The molecule has 2 heterocycles. The van der Waals surface area contributed by atoms with Crippen LogP contribution in [-0.4, -0.2) is 54.2 Å². The number of nitrogens with zero attached hydrogens (tertiary/aromatic N) is 3. The average molecular weight is 519 g/mol. The van der Waals surface area contributed by atoms with Gasteiger partial charge in [0.25, 0.3) is 5.91 Å². The molecule has 2 aliphatic heterocycles. The fraction of sp³-hybridized carbons (Fsp3) is 0.462. The second-order valence-electron chi connectivity index (χ2n) is 9.44. The van der Waals surface area contributed by atoms with Gasteiger partial charge in [0.05, 0.1) is 11.3 Å². The van der Waals surface area contributed by atoms with E-state index in [1.165, 1.54) is 18.6 Å². The number of hydrazine groups is 1. The molecule has 196 valence electrons. The van der Waals surface area contributed by atoms with Gasteiger partial charge in [-0.3, -0.25) is 4.79 Å². The molecular formula is C26H36F2N6OS. The molecule has 36 heavy (non-hydrogen) atoms. The van der Waals surface area contributed by atoms with Crippen LogP contribution >= 0.6 is 12.2 Å². The molecule has 1 amide bonds. The molecule has 0 spiro atoms. The second-order valence-corrected chi connectivity index (χ2v) is 9.88. The number of amides is 1. The van der Waals surface area contributed by atoms with Crippen molar-refractivity contribution in [3.8, 4) is 0 Å². The van der Waals surface area contributed by atoms with E-state index in [0.29, 0.717) is 18.8 Å². The number of carbonyl (C=O) groups excluding carboxylic acids is 1. The Hall–Kier alpha value is -2.98. The van der Waals surface area contributed by atoms with Gasteiger partial charge >= 0.3 is 0 Å². The number of nitrogens with one attached hydrogen (secondary N) is 1. The molecule has 0 saturated carbocycles. The van der Waals surface area contributed by atoms with Crippen LogP contribution in [0.5, 0.6) is 0 Å². The van der Waals surface area contributed by atoms with Gasteiger partial charge in [-0.15, -0.1) is 0 Å². The molecule has 2 saturated heterocycles. The van der Waals surface area contributed by atoms with Crippen LogP contribution in [0.2, 0.25) is 0 Å². The lowest BCUT2D eigenvalue weighted by Crippen LogP contribution is -2.59. The number of thiocarbonyl (C=S) groups is 1. The topological polar surface area (TPSA) is 90.9 Å². The number of benzene rings is 2. The van der Waals surface area contributed by atoms with Gasteiger partial charge in [0, 0.05) is 44.0 Å². The highest BCUT2D eigenvalue weighted by Crippen LogP contribution is 2.33. The number of aryl methyl sites for hydroxylation is 1. The Labute approximate surface area is 217 Å². The van der Waals surface area contributed by atoms with Gasteiger partial charge in [-0.2, -0.15) is 0 Å². The maximum Gasteiger partial charge on any atom is 0.257 e. The summed E-state index contributed by atoms with van der Waals surface area (Å²) < 4.78 is 29.2. The third-order valence-electron chi connectivity index (χ3n) is 6.70. The minimum atomic E-state index is -0.509. The molecule has 2 aromatic carbocycles. The van der Waals surface area contributed by atoms with E-state index in [4.69, 9.17) is 5.73 Å². The highest BCUT2D eigenvalue weighted by Gasteiger charge is 2.35. The molecule has 0 radical (unpaired) electrons. The summed E-state index contributed by atoms with van der Waals surface area (Å²) in [4.78, 5) is 19.2. The summed E-state index contributed by atoms with van der Waals surface area (Å²) >= 11 is 4.24. The summed E-state index contributed by atoms with van der Waals surface area (Å²) in [6.07, 6.45) is 3.57. The summed E-state index contributed by atoms with van der Waals surface area (Å²) in [5.74, 6) is 3.61. The van der Waals surface area contributed by atoms with Gasteiger partial charge in [-0.25, -0.2) is 14.6 Å². The van der Waals surface area contributed by atoms with Crippen molar-refractivity contribution in [3.63, 3.8) is 0 Å². The lowest BCUT2D eigenvalue weighted by Gasteiger charge is -2.45. The van der Waals surface area contributed by atoms with Gasteiger partial charge in [0.2, 0.25) is 0 Å². The van der Waals surface area contributed by atoms with E-state index in [9.17, 15) is 9.18 Å². The number of rotatable bonds is 3. The van der Waals surface area contributed by atoms with Gasteiger partial charge in [-0.05, 0) is 82.1 Å². The van der Waals surface area contributed by atoms with Crippen LogP contribution in [0.3, 0.4) is 0 Å². The summed E-state index contributed by atoms with van der Waals surface area (Å²) in [6.45, 7) is 8.87. The number of piperidine rings is 1. The standard InChI is InChI=1S/C25H31F2N3O.CH5N3S/c1-17-13-22(27)24(14-23(17)28-11-7-4-8-12-28)29-15-18(2)30(19(3)16-29)25(31)20-9-5-6-10-21(20)26;2-1(5)4-3/h5-6,9-10,13-14,18-19H,4,7-8,11-12,15-16H2,1-3H3;3H2,(H3,2,4,5)/t18-,19?;/m1./s1. The quantitative estimate of drug-likeness (QED) is 0.324. The molecule has 4 rings (SSSR count). The first-order valence-corrected chi connectivity index (χ1v) is 12.7. The van der Waals surface area contributed by atoms with E-state index in [2.05, 4.69) is 23.0 Å². The van der Waals surface area contributed by atoms with Crippen molar-refractivity contribution >= 4 is 34.6 Å². The summed E-state index contributed by atoms with van der Waals surface area (Å²) in [5, 5.41) is 0.116. The van der Waals surface area contributed by atoms with E-state index >= 15 is 4.39 Å². The molecule has 1 unspecified atom stereocenters. The fourth-order valence-corrected chi connectivity index (χ4v) is 5.06. The first kappa shape index (κ1) is 27.6. The maximum atomic E-state index is 15.0. The number of nitrogens with two attached hydrogens (primary N) is 2. The van der Waals surface area contributed by atoms with Crippen LogP contribution in [0.15, 0.2) is 36.4 Å². The third kappa shape index (κ3) is 6.41.